The number of carbonyl (C=O) groups is 1. The second-order valence-corrected chi connectivity index (χ2v) is 9.05. The predicted molar refractivity (Wildman–Crippen MR) is 123 cm³/mol. The van der Waals surface area contributed by atoms with E-state index in [0.717, 1.165) is 23.9 Å². The lowest BCUT2D eigenvalue weighted by atomic mass is 9.86. The SMILES string of the molecule is CNC(=O)c1ccccc1N=C(CCC[C@H]1CC=CCC1)[C@H]1CCCC(C)CC1. The maximum absolute atomic E-state index is 12.3. The Kier molecular flexibility index (Phi) is 8.52. The fourth-order valence-corrected chi connectivity index (χ4v) is 4.91. The number of aliphatic imine (C=N–C) groups is 1. The summed E-state index contributed by atoms with van der Waals surface area (Å²) in [6.45, 7) is 2.39. The third-order valence-electron chi connectivity index (χ3n) is 6.79. The highest BCUT2D eigenvalue weighted by Crippen LogP contribution is 2.32. The van der Waals surface area contributed by atoms with Crippen molar-refractivity contribution in [3.05, 3.63) is 42.0 Å². The van der Waals surface area contributed by atoms with E-state index in [-0.39, 0.29) is 5.91 Å². The molecule has 1 aromatic carbocycles. The summed E-state index contributed by atoms with van der Waals surface area (Å²) >= 11 is 0. The van der Waals surface area contributed by atoms with Crippen LogP contribution in [0.2, 0.25) is 0 Å². The molecule has 1 fully saturated rings. The highest BCUT2D eigenvalue weighted by Gasteiger charge is 2.22. The highest BCUT2D eigenvalue weighted by atomic mass is 16.1. The Bertz CT molecular complexity index is 721. The van der Waals surface area contributed by atoms with E-state index < -0.39 is 0 Å². The summed E-state index contributed by atoms with van der Waals surface area (Å²) in [7, 11) is 1.69. The van der Waals surface area contributed by atoms with Crippen molar-refractivity contribution < 1.29 is 4.79 Å². The molecule has 3 rings (SSSR count). The number of para-hydroxylation sites is 1. The van der Waals surface area contributed by atoms with E-state index in [1.165, 1.54) is 69.9 Å². The van der Waals surface area contributed by atoms with Gasteiger partial charge in [0.1, 0.15) is 0 Å². The molecular weight excluding hydrogens is 356 g/mol. The average Bonchev–Trinajstić information content (AvgIpc) is 2.98. The summed E-state index contributed by atoms with van der Waals surface area (Å²) in [5.41, 5.74) is 2.86. The fourth-order valence-electron chi connectivity index (χ4n) is 4.91. The Labute approximate surface area is 177 Å². The molecule has 0 radical (unpaired) electrons. The molecule has 0 aromatic heterocycles. The Morgan fingerprint density at radius 3 is 2.76 bits per heavy atom. The second-order valence-electron chi connectivity index (χ2n) is 9.05. The van der Waals surface area contributed by atoms with E-state index >= 15 is 0 Å². The monoisotopic (exact) mass is 394 g/mol. The molecule has 2 aliphatic rings. The van der Waals surface area contributed by atoms with Crippen LogP contribution in [-0.2, 0) is 0 Å². The van der Waals surface area contributed by atoms with E-state index in [1.807, 2.05) is 24.3 Å². The number of hydrogen-bond donors (Lipinski definition) is 1. The zero-order chi connectivity index (χ0) is 20.5. The lowest BCUT2D eigenvalue weighted by Gasteiger charge is -2.21. The zero-order valence-corrected chi connectivity index (χ0v) is 18.3. The van der Waals surface area contributed by atoms with Gasteiger partial charge < -0.3 is 5.32 Å². The van der Waals surface area contributed by atoms with Gasteiger partial charge in [0, 0.05) is 12.8 Å². The lowest BCUT2D eigenvalue weighted by Crippen LogP contribution is -2.19. The Morgan fingerprint density at radius 2 is 1.97 bits per heavy atom. The minimum atomic E-state index is -0.0489. The van der Waals surface area contributed by atoms with E-state index in [9.17, 15) is 4.79 Å². The van der Waals surface area contributed by atoms with Crippen LogP contribution >= 0.6 is 0 Å². The molecule has 2 aliphatic carbocycles. The number of amides is 1. The topological polar surface area (TPSA) is 41.5 Å². The van der Waals surface area contributed by atoms with Crippen LogP contribution in [0, 0.1) is 17.8 Å². The van der Waals surface area contributed by atoms with Gasteiger partial charge in [0.25, 0.3) is 5.91 Å². The highest BCUT2D eigenvalue weighted by molar-refractivity contribution is 6.00. The van der Waals surface area contributed by atoms with Crippen molar-refractivity contribution in [3.63, 3.8) is 0 Å². The van der Waals surface area contributed by atoms with Crippen LogP contribution in [0.4, 0.5) is 5.69 Å². The van der Waals surface area contributed by atoms with Gasteiger partial charge in [0.15, 0.2) is 0 Å². The third kappa shape index (κ3) is 6.55. The van der Waals surface area contributed by atoms with Crippen molar-refractivity contribution in [3.8, 4) is 0 Å². The van der Waals surface area contributed by atoms with Crippen LogP contribution in [-0.4, -0.2) is 18.7 Å². The molecule has 0 saturated heterocycles. The standard InChI is InChI=1S/C26H38N2O/c1-20-10-8-14-22(19-18-20)24(17-9-13-21-11-4-3-5-12-21)28-25-16-7-6-15-23(25)26(29)27-2/h3-4,6-7,15-16,20-22H,5,8-14,17-19H2,1-2H3,(H,27,29)/t20?,21-,22-/m0/s1. The van der Waals surface area contributed by atoms with Gasteiger partial charge in [-0.15, -0.1) is 0 Å². The van der Waals surface area contributed by atoms with Crippen molar-refractivity contribution in [2.24, 2.45) is 22.7 Å². The lowest BCUT2D eigenvalue weighted by molar-refractivity contribution is 0.0964. The van der Waals surface area contributed by atoms with Crippen LogP contribution in [0.1, 0.15) is 87.9 Å². The van der Waals surface area contributed by atoms with Gasteiger partial charge in [-0.25, -0.2) is 0 Å². The molecule has 1 unspecified atom stereocenters. The molecule has 3 nitrogen and oxygen atoms in total. The fraction of sp³-hybridized carbons (Fsp3) is 0.615. The van der Waals surface area contributed by atoms with Crippen molar-refractivity contribution in [1.82, 2.24) is 5.32 Å². The number of nitrogens with one attached hydrogen (secondary N) is 1. The normalized spacial score (nSPS) is 25.4. The van der Waals surface area contributed by atoms with Gasteiger partial charge in [-0.05, 0) is 81.3 Å². The molecule has 1 amide bonds. The van der Waals surface area contributed by atoms with Crippen molar-refractivity contribution in [1.29, 1.82) is 0 Å². The summed E-state index contributed by atoms with van der Waals surface area (Å²) in [5, 5.41) is 2.76. The number of hydrogen-bond acceptors (Lipinski definition) is 2. The molecule has 0 spiro atoms. The smallest absolute Gasteiger partial charge is 0.253 e. The van der Waals surface area contributed by atoms with Crippen LogP contribution in [0.3, 0.4) is 0 Å². The quantitative estimate of drug-likeness (QED) is 0.306. The first-order valence-electron chi connectivity index (χ1n) is 11.7. The average molecular weight is 395 g/mol. The Hall–Kier alpha value is -1.90. The molecule has 1 N–H and O–H groups in total. The van der Waals surface area contributed by atoms with Crippen LogP contribution < -0.4 is 5.32 Å². The van der Waals surface area contributed by atoms with Gasteiger partial charge in [-0.3, -0.25) is 9.79 Å². The molecular formula is C26H38N2O. The van der Waals surface area contributed by atoms with Crippen molar-refractivity contribution in [2.45, 2.75) is 77.6 Å². The van der Waals surface area contributed by atoms with E-state index in [1.54, 1.807) is 7.05 Å². The second kappa shape index (κ2) is 11.3. The number of benzene rings is 1. The van der Waals surface area contributed by atoms with E-state index in [2.05, 4.69) is 24.4 Å². The molecule has 3 heteroatoms. The van der Waals surface area contributed by atoms with E-state index in [0.29, 0.717) is 11.5 Å². The minimum absolute atomic E-state index is 0.0489. The first-order chi connectivity index (χ1) is 14.2. The first kappa shape index (κ1) is 21.8. The van der Waals surface area contributed by atoms with Crippen molar-refractivity contribution in [2.75, 3.05) is 7.05 Å². The number of nitrogens with zero attached hydrogens (tertiary/aromatic N) is 1. The Balaban J connectivity index is 1.77. The third-order valence-corrected chi connectivity index (χ3v) is 6.79. The molecule has 0 aliphatic heterocycles. The summed E-state index contributed by atoms with van der Waals surface area (Å²) in [5.74, 6) is 2.19. The molecule has 3 atom stereocenters. The molecule has 158 valence electrons. The minimum Gasteiger partial charge on any atom is -0.355 e. The van der Waals surface area contributed by atoms with Crippen molar-refractivity contribution >= 4 is 17.3 Å². The van der Waals surface area contributed by atoms with Gasteiger partial charge in [-0.1, -0.05) is 50.5 Å². The van der Waals surface area contributed by atoms with Crippen LogP contribution in [0.25, 0.3) is 0 Å². The summed E-state index contributed by atoms with van der Waals surface area (Å²) < 4.78 is 0. The molecule has 0 bridgehead atoms. The van der Waals surface area contributed by atoms with Crippen LogP contribution in [0.5, 0.6) is 0 Å². The number of rotatable bonds is 7. The van der Waals surface area contributed by atoms with E-state index in [4.69, 9.17) is 4.99 Å². The molecule has 1 saturated carbocycles. The zero-order valence-electron chi connectivity index (χ0n) is 18.3. The summed E-state index contributed by atoms with van der Waals surface area (Å²) in [6, 6.07) is 7.80. The summed E-state index contributed by atoms with van der Waals surface area (Å²) in [4.78, 5) is 17.5. The maximum atomic E-state index is 12.3. The van der Waals surface area contributed by atoms with Gasteiger partial charge >= 0.3 is 0 Å². The van der Waals surface area contributed by atoms with Gasteiger partial charge in [0.2, 0.25) is 0 Å². The molecule has 0 heterocycles. The number of carbonyl (C=O) groups excluding carboxylic acids is 1. The first-order valence-corrected chi connectivity index (χ1v) is 11.7. The molecule has 1 aromatic rings. The Morgan fingerprint density at radius 1 is 1.10 bits per heavy atom. The predicted octanol–water partition coefficient (Wildman–Crippen LogP) is 6.86. The largest absolute Gasteiger partial charge is 0.355 e. The van der Waals surface area contributed by atoms with Gasteiger partial charge in [-0.2, -0.15) is 0 Å². The molecule has 29 heavy (non-hydrogen) atoms. The van der Waals surface area contributed by atoms with Gasteiger partial charge in [0.05, 0.1) is 11.3 Å². The maximum Gasteiger partial charge on any atom is 0.253 e. The van der Waals surface area contributed by atoms with Crippen LogP contribution in [0.15, 0.2) is 41.4 Å². The summed E-state index contributed by atoms with van der Waals surface area (Å²) in [6.07, 6.45) is 18.5. The number of allylic oxidation sites excluding steroid dienone is 2.